The fourth-order valence-corrected chi connectivity index (χ4v) is 10.6. The first-order valence-electron chi connectivity index (χ1n) is 12.2. The van der Waals surface area contributed by atoms with Crippen molar-refractivity contribution in [2.75, 3.05) is 0 Å². The lowest BCUT2D eigenvalue weighted by Crippen LogP contribution is -2.52. The highest BCUT2D eigenvalue weighted by Crippen LogP contribution is 2.65. The number of hydrogen-bond acceptors (Lipinski definition) is 2. The number of carbonyl (C=O) groups excluding carboxylic acids is 1. The van der Waals surface area contributed by atoms with Crippen LogP contribution in [0.3, 0.4) is 0 Å². The largest absolute Gasteiger partial charge is 0.547 e. The molecule has 0 aromatic carbocycles. The zero-order valence-electron chi connectivity index (χ0n) is 19.0. The van der Waals surface area contributed by atoms with Crippen LogP contribution in [0.25, 0.3) is 0 Å². The zero-order chi connectivity index (χ0) is 20.2. The number of ketones is 1. The number of carbonyl (C=O) groups is 1. The minimum absolute atomic E-state index is 0.0116. The summed E-state index contributed by atoms with van der Waals surface area (Å²) in [5, 5.41) is 0. The molecule has 28 heavy (non-hydrogen) atoms. The van der Waals surface area contributed by atoms with Gasteiger partial charge in [0.1, 0.15) is 5.78 Å². The maximum Gasteiger partial charge on any atom is 0.250 e. The summed E-state index contributed by atoms with van der Waals surface area (Å²) in [5.74, 6) is 4.88. The highest BCUT2D eigenvalue weighted by Gasteiger charge is 2.59. The molecule has 0 bridgehead atoms. The van der Waals surface area contributed by atoms with Gasteiger partial charge in [-0.05, 0) is 91.8 Å². The summed E-state index contributed by atoms with van der Waals surface area (Å²) in [7, 11) is -1.56. The molecule has 4 unspecified atom stereocenters. The summed E-state index contributed by atoms with van der Waals surface area (Å²) < 4.78 is 6.81. The molecule has 0 spiro atoms. The lowest BCUT2D eigenvalue weighted by atomic mass is 9.46. The Morgan fingerprint density at radius 2 is 1.68 bits per heavy atom. The van der Waals surface area contributed by atoms with E-state index in [1.807, 2.05) is 0 Å². The topological polar surface area (TPSA) is 26.3 Å². The molecule has 0 radical (unpaired) electrons. The van der Waals surface area contributed by atoms with Gasteiger partial charge in [-0.2, -0.15) is 0 Å². The first-order chi connectivity index (χ1) is 13.3. The van der Waals surface area contributed by atoms with Crippen LogP contribution in [-0.4, -0.2) is 14.1 Å². The number of Topliss-reactive ketones (excluding diaryl/α,β-unsaturated/α-hetero) is 1. The lowest BCUT2D eigenvalue weighted by Gasteiger charge is -2.58. The quantitative estimate of drug-likeness (QED) is 0.458. The molecule has 4 aliphatic carbocycles. The highest BCUT2D eigenvalue weighted by atomic mass is 28.4. The van der Waals surface area contributed by atoms with E-state index >= 15 is 0 Å². The second kappa shape index (κ2) is 7.29. The summed E-state index contributed by atoms with van der Waals surface area (Å²) in [6.07, 6.45) is 12.1. The van der Waals surface area contributed by atoms with Crippen molar-refractivity contribution in [1.82, 2.24) is 0 Å². The van der Waals surface area contributed by atoms with Crippen LogP contribution in [0.1, 0.15) is 86.0 Å². The van der Waals surface area contributed by atoms with Crippen molar-refractivity contribution in [2.45, 2.75) is 104 Å². The van der Waals surface area contributed by atoms with E-state index in [0.29, 0.717) is 23.0 Å². The molecule has 0 N–H and O–H groups in total. The molecule has 4 rings (SSSR count). The van der Waals surface area contributed by atoms with Crippen molar-refractivity contribution in [3.63, 3.8) is 0 Å². The second-order valence-corrected chi connectivity index (χ2v) is 15.7. The molecule has 0 heterocycles. The van der Waals surface area contributed by atoms with Gasteiger partial charge in [0.05, 0.1) is 5.76 Å². The molecule has 0 aliphatic heterocycles. The predicted molar refractivity (Wildman–Crippen MR) is 118 cm³/mol. The Bertz CT molecular complexity index is 643. The van der Waals surface area contributed by atoms with Crippen LogP contribution in [0.15, 0.2) is 11.8 Å². The van der Waals surface area contributed by atoms with Crippen molar-refractivity contribution in [3.05, 3.63) is 11.8 Å². The van der Waals surface area contributed by atoms with Crippen LogP contribution >= 0.6 is 0 Å². The van der Waals surface area contributed by atoms with E-state index < -0.39 is 8.32 Å². The maximum atomic E-state index is 12.6. The van der Waals surface area contributed by atoms with E-state index in [2.05, 4.69) is 40.7 Å². The van der Waals surface area contributed by atoms with E-state index in [-0.39, 0.29) is 5.41 Å². The molecule has 3 heteroatoms. The van der Waals surface area contributed by atoms with E-state index in [1.54, 1.807) is 0 Å². The normalized spacial score (nSPS) is 43.0. The first kappa shape index (κ1) is 20.7. The van der Waals surface area contributed by atoms with Gasteiger partial charge in [0.25, 0.3) is 0 Å². The van der Waals surface area contributed by atoms with Gasteiger partial charge in [0.2, 0.25) is 8.32 Å². The highest BCUT2D eigenvalue weighted by molar-refractivity contribution is 6.73. The zero-order valence-corrected chi connectivity index (χ0v) is 20.0. The number of rotatable bonds is 5. The summed E-state index contributed by atoms with van der Waals surface area (Å²) in [4.78, 5) is 12.6. The van der Waals surface area contributed by atoms with Gasteiger partial charge < -0.3 is 4.43 Å². The third-order valence-electron chi connectivity index (χ3n) is 10.2. The monoisotopic (exact) mass is 402 g/mol. The maximum absolute atomic E-state index is 12.6. The summed E-state index contributed by atoms with van der Waals surface area (Å²) in [6, 6.07) is 3.70. The number of hydrogen-bond donors (Lipinski definition) is 0. The molecule has 2 nitrogen and oxygen atoms in total. The molecule has 0 amide bonds. The standard InChI is InChI=1S/C25H42O2Si/c1-6-28(7-2,8-3)27-19-13-15-24(4)18(17-19)9-10-20-21-11-12-23(26)25(21,5)16-14-22(20)24/h17-18,20-22H,6-16H2,1-5H3/t18?,20?,21?,22?,24-,25-/m1/s1. The molecular weight excluding hydrogens is 360 g/mol. The molecule has 4 aliphatic rings. The Morgan fingerprint density at radius 3 is 2.36 bits per heavy atom. The first-order valence-corrected chi connectivity index (χ1v) is 14.8. The molecule has 158 valence electrons. The second-order valence-electron chi connectivity index (χ2n) is 11.0. The van der Waals surface area contributed by atoms with E-state index in [9.17, 15) is 4.79 Å². The molecular formula is C25H42O2Si. The minimum atomic E-state index is -1.56. The van der Waals surface area contributed by atoms with E-state index in [4.69, 9.17) is 4.43 Å². The summed E-state index contributed by atoms with van der Waals surface area (Å²) in [6.45, 7) is 11.9. The van der Waals surface area contributed by atoms with Crippen LogP contribution in [0.4, 0.5) is 0 Å². The average molecular weight is 403 g/mol. The third-order valence-corrected chi connectivity index (χ3v) is 14.8. The summed E-state index contributed by atoms with van der Waals surface area (Å²) >= 11 is 0. The van der Waals surface area contributed by atoms with E-state index in [1.165, 1.54) is 56.0 Å². The molecule has 0 aromatic rings. The van der Waals surface area contributed by atoms with Gasteiger partial charge in [0.15, 0.2) is 0 Å². The van der Waals surface area contributed by atoms with Gasteiger partial charge in [-0.15, -0.1) is 0 Å². The average Bonchev–Trinajstić information content (AvgIpc) is 3.01. The van der Waals surface area contributed by atoms with Gasteiger partial charge >= 0.3 is 0 Å². The molecule has 6 atom stereocenters. The third kappa shape index (κ3) is 2.97. The Balaban J connectivity index is 1.55. The van der Waals surface area contributed by atoms with Crippen molar-refractivity contribution in [3.8, 4) is 0 Å². The predicted octanol–water partition coefficient (Wildman–Crippen LogP) is 7.11. The number of allylic oxidation sites excluding steroid dienone is 2. The summed E-state index contributed by atoms with van der Waals surface area (Å²) in [5.41, 5.74) is 0.440. The smallest absolute Gasteiger partial charge is 0.250 e. The van der Waals surface area contributed by atoms with Gasteiger partial charge in [-0.25, -0.2) is 0 Å². The van der Waals surface area contributed by atoms with Crippen molar-refractivity contribution in [1.29, 1.82) is 0 Å². The lowest BCUT2D eigenvalue weighted by molar-refractivity contribution is -0.135. The van der Waals surface area contributed by atoms with Crippen molar-refractivity contribution < 1.29 is 9.22 Å². The van der Waals surface area contributed by atoms with Crippen LogP contribution in [-0.2, 0) is 9.22 Å². The van der Waals surface area contributed by atoms with Crippen LogP contribution in [0.5, 0.6) is 0 Å². The van der Waals surface area contributed by atoms with Gasteiger partial charge in [-0.3, -0.25) is 4.79 Å². The van der Waals surface area contributed by atoms with Gasteiger partial charge in [-0.1, -0.05) is 34.6 Å². The minimum Gasteiger partial charge on any atom is -0.547 e. The Labute approximate surface area is 174 Å². The molecule has 3 saturated carbocycles. The Kier molecular flexibility index (Phi) is 5.38. The SMILES string of the molecule is CC[Si](CC)(CC)OC1=CC2CCC3C(CC[C@@]4(C)C(=O)CCC34)[C@]2(C)CC1. The van der Waals surface area contributed by atoms with Crippen molar-refractivity contribution >= 4 is 14.1 Å². The van der Waals surface area contributed by atoms with Crippen molar-refractivity contribution in [2.24, 2.45) is 34.5 Å². The van der Waals surface area contributed by atoms with Crippen LogP contribution in [0.2, 0.25) is 18.1 Å². The molecule has 3 fully saturated rings. The molecule has 0 saturated heterocycles. The molecule has 0 aromatic heterocycles. The fourth-order valence-electron chi connectivity index (χ4n) is 7.93. The van der Waals surface area contributed by atoms with Gasteiger partial charge in [0, 0.05) is 18.3 Å². The number of fused-ring (bicyclic) bond motifs is 5. The van der Waals surface area contributed by atoms with Crippen LogP contribution < -0.4 is 0 Å². The Hall–Kier alpha value is -0.573. The fraction of sp³-hybridized carbons (Fsp3) is 0.880. The van der Waals surface area contributed by atoms with E-state index in [0.717, 1.165) is 31.1 Å². The Morgan fingerprint density at radius 1 is 0.964 bits per heavy atom. The van der Waals surface area contributed by atoms with Crippen LogP contribution in [0, 0.1) is 34.5 Å².